The quantitative estimate of drug-likeness (QED) is 0.929. The fourth-order valence-corrected chi connectivity index (χ4v) is 3.61. The van der Waals surface area contributed by atoms with Crippen molar-refractivity contribution in [1.29, 1.82) is 0 Å². The zero-order valence-corrected chi connectivity index (χ0v) is 12.5. The van der Waals surface area contributed by atoms with E-state index in [0.717, 1.165) is 24.5 Å². The summed E-state index contributed by atoms with van der Waals surface area (Å²) in [6, 6.07) is 2.46. The summed E-state index contributed by atoms with van der Waals surface area (Å²) in [6.07, 6.45) is 6.96. The van der Waals surface area contributed by atoms with Gasteiger partial charge in [-0.1, -0.05) is 18.0 Å². The lowest BCUT2D eigenvalue weighted by Crippen LogP contribution is -2.41. The Hall–Kier alpha value is -0.840. The fourth-order valence-electron chi connectivity index (χ4n) is 3.31. The first-order chi connectivity index (χ1) is 9.78. The zero-order valence-electron chi connectivity index (χ0n) is 11.8. The first-order valence-corrected chi connectivity index (χ1v) is 7.90. The average Bonchev–Trinajstić information content (AvgIpc) is 2.97. The lowest BCUT2D eigenvalue weighted by atomic mass is 10.1. The van der Waals surface area contributed by atoms with Gasteiger partial charge in [0.15, 0.2) is 0 Å². The Morgan fingerprint density at radius 3 is 2.75 bits per heavy atom. The number of aliphatic hydroxyl groups excluding tert-OH is 1. The molecule has 1 atom stereocenters. The highest BCUT2D eigenvalue weighted by molar-refractivity contribution is 6.33. The molecular formula is C15H22ClN3O. The number of pyridine rings is 1. The lowest BCUT2D eigenvalue weighted by Gasteiger charge is -2.32. The Labute approximate surface area is 125 Å². The highest BCUT2D eigenvalue weighted by Crippen LogP contribution is 2.29. The van der Waals surface area contributed by atoms with Crippen molar-refractivity contribution < 1.29 is 5.11 Å². The highest BCUT2D eigenvalue weighted by Gasteiger charge is 2.29. The summed E-state index contributed by atoms with van der Waals surface area (Å²) in [5.74, 6) is 0.864. The Morgan fingerprint density at radius 2 is 2.05 bits per heavy atom. The monoisotopic (exact) mass is 295 g/mol. The summed E-state index contributed by atoms with van der Waals surface area (Å²) >= 11 is 6.29. The van der Waals surface area contributed by atoms with Crippen LogP contribution in [0.1, 0.15) is 31.2 Å². The molecule has 2 aliphatic heterocycles. The molecule has 3 heterocycles. The molecule has 1 N–H and O–H groups in total. The second-order valence-corrected chi connectivity index (χ2v) is 6.20. The van der Waals surface area contributed by atoms with Gasteiger partial charge in [0.2, 0.25) is 0 Å². The third kappa shape index (κ3) is 2.92. The third-order valence-electron chi connectivity index (χ3n) is 4.43. The first-order valence-electron chi connectivity index (χ1n) is 7.52. The van der Waals surface area contributed by atoms with Gasteiger partial charge in [-0.25, -0.2) is 4.98 Å². The normalized spacial score (nSPS) is 24.3. The van der Waals surface area contributed by atoms with Gasteiger partial charge in [-0.15, -0.1) is 0 Å². The van der Waals surface area contributed by atoms with Crippen LogP contribution >= 0.6 is 11.6 Å². The number of hydrogen-bond acceptors (Lipinski definition) is 4. The molecule has 5 heteroatoms. The van der Waals surface area contributed by atoms with Gasteiger partial charge in [0.1, 0.15) is 5.82 Å². The summed E-state index contributed by atoms with van der Waals surface area (Å²) in [5.41, 5.74) is 0.769. The molecule has 2 saturated heterocycles. The van der Waals surface area contributed by atoms with Crippen LogP contribution in [0.25, 0.3) is 0 Å². The van der Waals surface area contributed by atoms with E-state index in [-0.39, 0.29) is 6.61 Å². The van der Waals surface area contributed by atoms with E-state index in [9.17, 15) is 0 Å². The highest BCUT2D eigenvalue weighted by atomic mass is 35.5. The van der Waals surface area contributed by atoms with Crippen molar-refractivity contribution in [3.8, 4) is 0 Å². The van der Waals surface area contributed by atoms with Gasteiger partial charge in [-0.3, -0.25) is 4.90 Å². The molecule has 0 aromatic carbocycles. The first kappa shape index (κ1) is 14.1. The number of piperidine rings is 1. The van der Waals surface area contributed by atoms with Crippen LogP contribution in [0.3, 0.4) is 0 Å². The van der Waals surface area contributed by atoms with E-state index < -0.39 is 0 Å². The number of anilines is 1. The average molecular weight is 296 g/mol. The maximum Gasteiger partial charge on any atom is 0.147 e. The lowest BCUT2D eigenvalue weighted by molar-refractivity contribution is 0.175. The van der Waals surface area contributed by atoms with Crippen LogP contribution in [0.5, 0.6) is 0 Å². The van der Waals surface area contributed by atoms with Crippen LogP contribution in [0.15, 0.2) is 12.3 Å². The summed E-state index contributed by atoms with van der Waals surface area (Å²) in [7, 11) is 0. The van der Waals surface area contributed by atoms with Crippen molar-refractivity contribution in [3.05, 3.63) is 22.8 Å². The Morgan fingerprint density at radius 1 is 1.25 bits per heavy atom. The summed E-state index contributed by atoms with van der Waals surface area (Å²) in [4.78, 5) is 9.33. The largest absolute Gasteiger partial charge is 0.392 e. The maximum absolute atomic E-state index is 9.11. The minimum Gasteiger partial charge on any atom is -0.392 e. The molecule has 2 fully saturated rings. The van der Waals surface area contributed by atoms with E-state index in [0.29, 0.717) is 11.1 Å². The number of aromatic nitrogens is 1. The third-order valence-corrected chi connectivity index (χ3v) is 4.71. The molecule has 2 aliphatic rings. The van der Waals surface area contributed by atoms with Gasteiger partial charge in [-0.2, -0.15) is 0 Å². The number of rotatable bonds is 3. The van der Waals surface area contributed by atoms with E-state index in [1.54, 1.807) is 6.20 Å². The predicted molar refractivity (Wildman–Crippen MR) is 81.2 cm³/mol. The number of likely N-dealkylation sites (tertiary alicyclic amines) is 1. The molecule has 0 amide bonds. The van der Waals surface area contributed by atoms with Crippen LogP contribution in [0, 0.1) is 0 Å². The van der Waals surface area contributed by atoms with Crippen LogP contribution < -0.4 is 4.90 Å². The van der Waals surface area contributed by atoms with Gasteiger partial charge in [0, 0.05) is 25.3 Å². The molecule has 0 radical (unpaired) electrons. The van der Waals surface area contributed by atoms with Crippen molar-refractivity contribution >= 4 is 17.4 Å². The van der Waals surface area contributed by atoms with Crippen molar-refractivity contribution in [2.24, 2.45) is 0 Å². The Balaban J connectivity index is 1.67. The number of hydrogen-bond donors (Lipinski definition) is 1. The SMILES string of the molecule is OCc1cnc(N2CCC(N3CCCCC3)C2)c(Cl)c1. The number of halogens is 1. The summed E-state index contributed by atoms with van der Waals surface area (Å²) in [6.45, 7) is 4.51. The molecule has 1 unspecified atom stereocenters. The zero-order chi connectivity index (χ0) is 13.9. The van der Waals surface area contributed by atoms with E-state index in [4.69, 9.17) is 16.7 Å². The van der Waals surface area contributed by atoms with Crippen LogP contribution in [0.2, 0.25) is 5.02 Å². The molecule has 110 valence electrons. The maximum atomic E-state index is 9.11. The van der Waals surface area contributed by atoms with Crippen LogP contribution in [-0.2, 0) is 6.61 Å². The molecule has 1 aromatic heterocycles. The number of aliphatic hydroxyl groups is 1. The molecular weight excluding hydrogens is 274 g/mol. The van der Waals surface area contributed by atoms with Gasteiger partial charge < -0.3 is 10.0 Å². The minimum atomic E-state index is -0.0105. The van der Waals surface area contributed by atoms with Crippen molar-refractivity contribution in [3.63, 3.8) is 0 Å². The van der Waals surface area contributed by atoms with Crippen LogP contribution in [-0.4, -0.2) is 47.2 Å². The Kier molecular flexibility index (Phi) is 4.44. The standard InChI is InChI=1S/C15H22ClN3O/c16-14-8-12(11-20)9-17-15(14)19-7-4-13(10-19)18-5-2-1-3-6-18/h8-9,13,20H,1-7,10-11H2. The minimum absolute atomic E-state index is 0.0105. The molecule has 0 aliphatic carbocycles. The van der Waals surface area contributed by atoms with Gasteiger partial charge in [-0.05, 0) is 44.0 Å². The molecule has 3 rings (SSSR count). The molecule has 20 heavy (non-hydrogen) atoms. The summed E-state index contributed by atoms with van der Waals surface area (Å²) in [5, 5.41) is 9.76. The van der Waals surface area contributed by atoms with E-state index in [2.05, 4.69) is 14.8 Å². The van der Waals surface area contributed by atoms with Crippen molar-refractivity contribution in [2.45, 2.75) is 38.3 Å². The second kappa shape index (κ2) is 6.29. The fraction of sp³-hybridized carbons (Fsp3) is 0.667. The van der Waals surface area contributed by atoms with Crippen molar-refractivity contribution in [1.82, 2.24) is 9.88 Å². The van der Waals surface area contributed by atoms with Gasteiger partial charge >= 0.3 is 0 Å². The smallest absolute Gasteiger partial charge is 0.147 e. The topological polar surface area (TPSA) is 39.6 Å². The van der Waals surface area contributed by atoms with E-state index in [1.165, 1.54) is 38.8 Å². The van der Waals surface area contributed by atoms with Gasteiger partial charge in [0.25, 0.3) is 0 Å². The molecule has 0 bridgehead atoms. The second-order valence-electron chi connectivity index (χ2n) is 5.79. The molecule has 1 aromatic rings. The van der Waals surface area contributed by atoms with Crippen LogP contribution in [0.4, 0.5) is 5.82 Å². The van der Waals surface area contributed by atoms with Crippen molar-refractivity contribution in [2.75, 3.05) is 31.1 Å². The molecule has 4 nitrogen and oxygen atoms in total. The molecule has 0 saturated carbocycles. The van der Waals surface area contributed by atoms with Gasteiger partial charge in [0.05, 0.1) is 11.6 Å². The van der Waals surface area contributed by atoms with E-state index in [1.807, 2.05) is 6.07 Å². The molecule has 0 spiro atoms. The predicted octanol–water partition coefficient (Wildman–Crippen LogP) is 2.29. The summed E-state index contributed by atoms with van der Waals surface area (Å²) < 4.78 is 0. The Bertz CT molecular complexity index is 462. The number of nitrogens with zero attached hydrogens (tertiary/aromatic N) is 3. The van der Waals surface area contributed by atoms with E-state index >= 15 is 0 Å².